The van der Waals surface area contributed by atoms with E-state index in [9.17, 15) is 4.39 Å². The minimum Gasteiger partial charge on any atom is -0.206 e. The van der Waals surface area contributed by atoms with E-state index >= 15 is 0 Å². The summed E-state index contributed by atoms with van der Waals surface area (Å²) in [5.74, 6) is 6.35. The minimum atomic E-state index is -0.115. The summed E-state index contributed by atoms with van der Waals surface area (Å²) in [5.41, 5.74) is 6.72. The molecule has 34 heavy (non-hydrogen) atoms. The fraction of sp³-hybridized carbons (Fsp3) is 0.212. The van der Waals surface area contributed by atoms with Crippen molar-refractivity contribution in [3.8, 4) is 11.8 Å². The van der Waals surface area contributed by atoms with E-state index in [1.54, 1.807) is 0 Å². The predicted molar refractivity (Wildman–Crippen MR) is 143 cm³/mol. The van der Waals surface area contributed by atoms with Crippen molar-refractivity contribution in [2.24, 2.45) is 0 Å². The molecule has 0 atom stereocenters. The van der Waals surface area contributed by atoms with Crippen LogP contribution in [0.1, 0.15) is 53.6 Å². The summed E-state index contributed by atoms with van der Waals surface area (Å²) in [6.45, 7) is 4.04. The molecule has 0 saturated carbocycles. The second-order valence-electron chi connectivity index (χ2n) is 8.70. The zero-order valence-electron chi connectivity index (χ0n) is 20.1. The van der Waals surface area contributed by atoms with E-state index in [2.05, 4.69) is 79.4 Å². The lowest BCUT2D eigenvalue weighted by atomic mass is 10.0. The Labute approximate surface area is 203 Å². The average molecular weight is 447 g/mol. The maximum absolute atomic E-state index is 14.5. The van der Waals surface area contributed by atoms with Gasteiger partial charge in [0, 0.05) is 16.5 Å². The highest BCUT2D eigenvalue weighted by molar-refractivity contribution is 5.85. The van der Waals surface area contributed by atoms with Gasteiger partial charge in [0.05, 0.1) is 0 Å². The van der Waals surface area contributed by atoms with Crippen LogP contribution in [0.2, 0.25) is 0 Å². The van der Waals surface area contributed by atoms with Gasteiger partial charge in [0.2, 0.25) is 0 Å². The van der Waals surface area contributed by atoms with Crippen molar-refractivity contribution in [1.82, 2.24) is 0 Å². The van der Waals surface area contributed by atoms with Gasteiger partial charge in [-0.15, -0.1) is 0 Å². The molecule has 0 nitrogen and oxygen atoms in total. The third-order valence-corrected chi connectivity index (χ3v) is 6.28. The minimum absolute atomic E-state index is 0.115. The average Bonchev–Trinajstić information content (AvgIpc) is 2.88. The number of rotatable bonds is 7. The van der Waals surface area contributed by atoms with Gasteiger partial charge in [0.1, 0.15) is 5.82 Å². The van der Waals surface area contributed by atoms with E-state index in [-0.39, 0.29) is 5.82 Å². The number of halogens is 1. The van der Waals surface area contributed by atoms with Crippen LogP contribution < -0.4 is 0 Å². The third kappa shape index (κ3) is 6.03. The highest BCUT2D eigenvalue weighted by atomic mass is 19.1. The second kappa shape index (κ2) is 11.5. The molecule has 0 aromatic heterocycles. The number of aryl methyl sites for hydroxylation is 4. The van der Waals surface area contributed by atoms with Crippen molar-refractivity contribution in [3.63, 3.8) is 0 Å². The van der Waals surface area contributed by atoms with Gasteiger partial charge in [0.25, 0.3) is 0 Å². The molecule has 0 heterocycles. The largest absolute Gasteiger partial charge is 0.206 e. The standard InChI is InChI=1S/C33H31F/c1-3-5-6-7-25-8-10-26(11-9-25)12-13-27-14-16-28(17-15-27)18-19-29-20-23-32-31(24-29)22-21-30(4-2)33(32)34/h3,5,8-11,14-17,20-24H,4,6-7,12-13H2,1-2H3/b5-3+. The van der Waals surface area contributed by atoms with Crippen LogP contribution in [0, 0.1) is 17.7 Å². The van der Waals surface area contributed by atoms with E-state index in [1.165, 1.54) is 16.7 Å². The van der Waals surface area contributed by atoms with Crippen LogP contribution >= 0.6 is 0 Å². The van der Waals surface area contributed by atoms with Gasteiger partial charge in [-0.05, 0) is 90.9 Å². The molecule has 0 fully saturated rings. The Morgan fingerprint density at radius 3 is 1.94 bits per heavy atom. The van der Waals surface area contributed by atoms with Crippen LogP contribution in [0.4, 0.5) is 4.39 Å². The molecule has 0 aliphatic heterocycles. The van der Waals surface area contributed by atoms with E-state index in [0.29, 0.717) is 11.8 Å². The van der Waals surface area contributed by atoms with Crippen LogP contribution in [-0.4, -0.2) is 0 Å². The maximum Gasteiger partial charge on any atom is 0.134 e. The molecule has 0 spiro atoms. The third-order valence-electron chi connectivity index (χ3n) is 6.28. The summed E-state index contributed by atoms with van der Waals surface area (Å²) < 4.78 is 14.5. The van der Waals surface area contributed by atoms with Crippen molar-refractivity contribution in [1.29, 1.82) is 0 Å². The number of allylic oxidation sites excluding steroid dienone is 2. The lowest BCUT2D eigenvalue weighted by molar-refractivity contribution is 0.624. The zero-order valence-corrected chi connectivity index (χ0v) is 20.1. The molecule has 0 saturated heterocycles. The molecule has 170 valence electrons. The number of hydrogen-bond donors (Lipinski definition) is 0. The van der Waals surface area contributed by atoms with Crippen LogP contribution in [0.15, 0.2) is 91.0 Å². The summed E-state index contributed by atoms with van der Waals surface area (Å²) in [6.07, 6.45) is 9.27. The number of fused-ring (bicyclic) bond motifs is 1. The van der Waals surface area contributed by atoms with Gasteiger partial charge in [-0.3, -0.25) is 0 Å². The Morgan fingerprint density at radius 1 is 0.706 bits per heavy atom. The molecule has 4 aromatic carbocycles. The van der Waals surface area contributed by atoms with E-state index in [4.69, 9.17) is 0 Å². The molecule has 0 aliphatic rings. The lowest BCUT2D eigenvalue weighted by Gasteiger charge is -2.05. The van der Waals surface area contributed by atoms with E-state index in [0.717, 1.165) is 47.8 Å². The molecule has 0 unspecified atom stereocenters. The van der Waals surface area contributed by atoms with Gasteiger partial charge < -0.3 is 0 Å². The molecule has 0 amide bonds. The van der Waals surface area contributed by atoms with Gasteiger partial charge >= 0.3 is 0 Å². The topological polar surface area (TPSA) is 0 Å². The summed E-state index contributed by atoms with van der Waals surface area (Å²) >= 11 is 0. The Bertz CT molecular complexity index is 1330. The Balaban J connectivity index is 1.36. The van der Waals surface area contributed by atoms with Crippen molar-refractivity contribution in [2.45, 2.75) is 46.0 Å². The maximum atomic E-state index is 14.5. The van der Waals surface area contributed by atoms with E-state index in [1.807, 2.05) is 37.3 Å². The Hall–Kier alpha value is -3.63. The summed E-state index contributed by atoms with van der Waals surface area (Å²) in [5, 5.41) is 1.56. The van der Waals surface area contributed by atoms with Crippen molar-refractivity contribution in [3.05, 3.63) is 130 Å². The Kier molecular flexibility index (Phi) is 7.95. The quantitative estimate of drug-likeness (QED) is 0.198. The summed E-state index contributed by atoms with van der Waals surface area (Å²) in [6, 6.07) is 27.1. The van der Waals surface area contributed by atoms with Crippen LogP contribution in [0.5, 0.6) is 0 Å². The van der Waals surface area contributed by atoms with E-state index < -0.39 is 0 Å². The zero-order chi connectivity index (χ0) is 23.8. The first-order valence-corrected chi connectivity index (χ1v) is 12.2. The molecule has 0 bridgehead atoms. The smallest absolute Gasteiger partial charge is 0.134 e. The molecule has 0 N–H and O–H groups in total. The van der Waals surface area contributed by atoms with Crippen molar-refractivity contribution in [2.75, 3.05) is 0 Å². The summed E-state index contributed by atoms with van der Waals surface area (Å²) in [7, 11) is 0. The normalized spacial score (nSPS) is 11.0. The molecule has 1 heteroatoms. The highest BCUT2D eigenvalue weighted by Gasteiger charge is 2.06. The Morgan fingerprint density at radius 2 is 1.29 bits per heavy atom. The first-order chi connectivity index (χ1) is 16.7. The molecular weight excluding hydrogens is 415 g/mol. The fourth-order valence-corrected chi connectivity index (χ4v) is 4.16. The first kappa shape index (κ1) is 23.5. The molecule has 0 aliphatic carbocycles. The number of benzene rings is 4. The van der Waals surface area contributed by atoms with Gasteiger partial charge in [-0.1, -0.05) is 85.5 Å². The van der Waals surface area contributed by atoms with Gasteiger partial charge in [-0.25, -0.2) is 4.39 Å². The van der Waals surface area contributed by atoms with Crippen molar-refractivity contribution >= 4 is 10.8 Å². The second-order valence-corrected chi connectivity index (χ2v) is 8.70. The SMILES string of the molecule is C/C=C/CCc1ccc(CCc2ccc(C#Cc3ccc4c(F)c(CC)ccc4c3)cc2)cc1. The van der Waals surface area contributed by atoms with Gasteiger partial charge in [-0.2, -0.15) is 0 Å². The monoisotopic (exact) mass is 446 g/mol. The molecule has 4 rings (SSSR count). The van der Waals surface area contributed by atoms with Crippen LogP contribution in [-0.2, 0) is 25.7 Å². The predicted octanol–water partition coefficient (Wildman–Crippen LogP) is 8.24. The first-order valence-electron chi connectivity index (χ1n) is 12.2. The fourth-order valence-electron chi connectivity index (χ4n) is 4.16. The summed E-state index contributed by atoms with van der Waals surface area (Å²) in [4.78, 5) is 0. The van der Waals surface area contributed by atoms with Gasteiger partial charge in [0.15, 0.2) is 0 Å². The highest BCUT2D eigenvalue weighted by Crippen LogP contribution is 2.22. The molecule has 0 radical (unpaired) electrons. The van der Waals surface area contributed by atoms with Crippen LogP contribution in [0.25, 0.3) is 10.8 Å². The molecular formula is C33H31F. The molecule has 4 aromatic rings. The van der Waals surface area contributed by atoms with Crippen LogP contribution in [0.3, 0.4) is 0 Å². The van der Waals surface area contributed by atoms with Crippen molar-refractivity contribution < 1.29 is 4.39 Å². The number of hydrogen-bond acceptors (Lipinski definition) is 0. The lowest BCUT2D eigenvalue weighted by Crippen LogP contribution is -1.92.